The van der Waals surface area contributed by atoms with E-state index in [1.54, 1.807) is 37.1 Å². The molecule has 1 fully saturated rings. The number of nitrogens with zero attached hydrogens (tertiary/aromatic N) is 4. The standard InChI is InChI=1S/C16H18N4O2/c21-16(13-2-1-6-17-10-13)20-8-9-22-15(11-20)4-3-14-5-7-18-12-19-14/h1-2,5-7,10,12,15H,3-4,8-9,11H2/t15-/m0/s1. The lowest BCUT2D eigenvalue weighted by Gasteiger charge is -2.33. The number of hydrogen-bond acceptors (Lipinski definition) is 5. The highest BCUT2D eigenvalue weighted by molar-refractivity contribution is 5.93. The van der Waals surface area contributed by atoms with Gasteiger partial charge in [-0.2, -0.15) is 0 Å². The Morgan fingerprint density at radius 3 is 3.05 bits per heavy atom. The molecule has 0 aromatic carbocycles. The van der Waals surface area contributed by atoms with Crippen molar-refractivity contribution in [2.45, 2.75) is 18.9 Å². The second-order valence-corrected chi connectivity index (χ2v) is 5.23. The zero-order valence-electron chi connectivity index (χ0n) is 12.3. The van der Waals surface area contributed by atoms with Crippen molar-refractivity contribution in [3.63, 3.8) is 0 Å². The van der Waals surface area contributed by atoms with Gasteiger partial charge < -0.3 is 9.64 Å². The summed E-state index contributed by atoms with van der Waals surface area (Å²) in [6.45, 7) is 1.80. The van der Waals surface area contributed by atoms with Crippen LogP contribution in [0, 0.1) is 0 Å². The number of pyridine rings is 1. The first-order valence-electron chi connectivity index (χ1n) is 7.39. The van der Waals surface area contributed by atoms with Crippen LogP contribution in [0.15, 0.2) is 43.1 Å². The van der Waals surface area contributed by atoms with Crippen LogP contribution in [0.2, 0.25) is 0 Å². The van der Waals surface area contributed by atoms with E-state index in [9.17, 15) is 4.79 Å². The minimum absolute atomic E-state index is 0.0171. The van der Waals surface area contributed by atoms with Crippen LogP contribution in [-0.2, 0) is 11.2 Å². The van der Waals surface area contributed by atoms with Gasteiger partial charge in [0, 0.05) is 37.4 Å². The third-order valence-electron chi connectivity index (χ3n) is 3.70. The molecule has 3 rings (SSSR count). The molecule has 22 heavy (non-hydrogen) atoms. The zero-order valence-corrected chi connectivity index (χ0v) is 12.3. The Labute approximate surface area is 129 Å². The van der Waals surface area contributed by atoms with Crippen molar-refractivity contribution in [3.05, 3.63) is 54.4 Å². The maximum Gasteiger partial charge on any atom is 0.255 e. The van der Waals surface area contributed by atoms with Crippen molar-refractivity contribution < 1.29 is 9.53 Å². The van der Waals surface area contributed by atoms with Gasteiger partial charge in [-0.25, -0.2) is 9.97 Å². The van der Waals surface area contributed by atoms with Gasteiger partial charge in [0.25, 0.3) is 5.91 Å². The minimum Gasteiger partial charge on any atom is -0.375 e. The zero-order chi connectivity index (χ0) is 15.2. The lowest BCUT2D eigenvalue weighted by Crippen LogP contribution is -2.45. The van der Waals surface area contributed by atoms with E-state index in [0.717, 1.165) is 18.5 Å². The van der Waals surface area contributed by atoms with Gasteiger partial charge in [0.2, 0.25) is 0 Å². The molecule has 1 amide bonds. The van der Waals surface area contributed by atoms with Crippen LogP contribution in [0.5, 0.6) is 0 Å². The van der Waals surface area contributed by atoms with Crippen molar-refractivity contribution >= 4 is 5.91 Å². The predicted octanol–water partition coefficient (Wildman–Crippen LogP) is 1.35. The number of aromatic nitrogens is 3. The van der Waals surface area contributed by atoms with Crippen LogP contribution >= 0.6 is 0 Å². The van der Waals surface area contributed by atoms with Crippen LogP contribution in [0.25, 0.3) is 0 Å². The molecule has 114 valence electrons. The summed E-state index contributed by atoms with van der Waals surface area (Å²) >= 11 is 0. The third-order valence-corrected chi connectivity index (χ3v) is 3.70. The molecule has 1 aliphatic rings. The monoisotopic (exact) mass is 298 g/mol. The second kappa shape index (κ2) is 7.09. The van der Waals surface area contributed by atoms with Gasteiger partial charge in [0.15, 0.2) is 0 Å². The Morgan fingerprint density at radius 1 is 1.32 bits per heavy atom. The molecule has 6 nitrogen and oxygen atoms in total. The van der Waals surface area contributed by atoms with Gasteiger partial charge in [0.05, 0.1) is 18.3 Å². The van der Waals surface area contributed by atoms with Crippen LogP contribution in [0.1, 0.15) is 22.5 Å². The van der Waals surface area contributed by atoms with E-state index in [0.29, 0.717) is 25.3 Å². The summed E-state index contributed by atoms with van der Waals surface area (Å²) in [6.07, 6.45) is 8.27. The molecule has 1 aliphatic heterocycles. The number of hydrogen-bond donors (Lipinski definition) is 0. The van der Waals surface area contributed by atoms with Crippen molar-refractivity contribution in [2.24, 2.45) is 0 Å². The molecule has 2 aromatic rings. The Morgan fingerprint density at radius 2 is 2.27 bits per heavy atom. The maximum absolute atomic E-state index is 12.4. The predicted molar refractivity (Wildman–Crippen MR) is 80.2 cm³/mol. The Balaban J connectivity index is 1.56. The quantitative estimate of drug-likeness (QED) is 0.852. The molecule has 0 spiro atoms. The van der Waals surface area contributed by atoms with Crippen molar-refractivity contribution in [1.29, 1.82) is 0 Å². The minimum atomic E-state index is 0.0171. The van der Waals surface area contributed by atoms with E-state index in [-0.39, 0.29) is 12.0 Å². The van der Waals surface area contributed by atoms with E-state index < -0.39 is 0 Å². The molecule has 0 saturated carbocycles. The molecule has 3 heterocycles. The summed E-state index contributed by atoms with van der Waals surface area (Å²) in [5, 5.41) is 0. The van der Waals surface area contributed by atoms with E-state index in [1.807, 2.05) is 11.0 Å². The second-order valence-electron chi connectivity index (χ2n) is 5.23. The highest BCUT2D eigenvalue weighted by atomic mass is 16.5. The molecule has 0 radical (unpaired) electrons. The van der Waals surface area contributed by atoms with Crippen LogP contribution in [-0.4, -0.2) is 51.6 Å². The first-order valence-corrected chi connectivity index (χ1v) is 7.39. The molecule has 1 saturated heterocycles. The average Bonchev–Trinajstić information content (AvgIpc) is 2.61. The normalized spacial score (nSPS) is 18.2. The smallest absolute Gasteiger partial charge is 0.255 e. The summed E-state index contributed by atoms with van der Waals surface area (Å²) in [6, 6.07) is 5.47. The Bertz CT molecular complexity index is 606. The van der Waals surface area contributed by atoms with Crippen molar-refractivity contribution in [2.75, 3.05) is 19.7 Å². The topological polar surface area (TPSA) is 68.2 Å². The van der Waals surface area contributed by atoms with Crippen molar-refractivity contribution in [1.82, 2.24) is 19.9 Å². The third kappa shape index (κ3) is 3.65. The molecule has 1 atom stereocenters. The molecule has 0 N–H and O–H groups in total. The molecule has 0 aliphatic carbocycles. The summed E-state index contributed by atoms with van der Waals surface area (Å²) in [4.78, 5) is 26.4. The van der Waals surface area contributed by atoms with E-state index in [1.165, 1.54) is 0 Å². The van der Waals surface area contributed by atoms with E-state index in [2.05, 4.69) is 15.0 Å². The summed E-state index contributed by atoms with van der Waals surface area (Å²) in [5.41, 5.74) is 1.62. The van der Waals surface area contributed by atoms with Gasteiger partial charge in [-0.1, -0.05) is 0 Å². The first-order chi connectivity index (χ1) is 10.8. The van der Waals surface area contributed by atoms with E-state index >= 15 is 0 Å². The van der Waals surface area contributed by atoms with Gasteiger partial charge in [0.1, 0.15) is 6.33 Å². The van der Waals surface area contributed by atoms with Crippen LogP contribution < -0.4 is 0 Å². The number of carbonyl (C=O) groups excluding carboxylic acids is 1. The van der Waals surface area contributed by atoms with Gasteiger partial charge >= 0.3 is 0 Å². The Hall–Kier alpha value is -2.34. The number of ether oxygens (including phenoxy) is 1. The number of morpholine rings is 1. The number of amides is 1. The van der Waals surface area contributed by atoms with Crippen molar-refractivity contribution in [3.8, 4) is 0 Å². The first kappa shape index (κ1) is 14.6. The SMILES string of the molecule is O=C(c1cccnc1)N1CCO[C@@H](CCc2ccncn2)C1. The van der Waals surface area contributed by atoms with Gasteiger partial charge in [-0.05, 0) is 31.0 Å². The largest absolute Gasteiger partial charge is 0.375 e. The lowest BCUT2D eigenvalue weighted by atomic mass is 10.1. The van der Waals surface area contributed by atoms with Crippen LogP contribution in [0.4, 0.5) is 0 Å². The van der Waals surface area contributed by atoms with Gasteiger partial charge in [-0.3, -0.25) is 9.78 Å². The fraction of sp³-hybridized carbons (Fsp3) is 0.375. The highest BCUT2D eigenvalue weighted by Gasteiger charge is 2.25. The molecular weight excluding hydrogens is 280 g/mol. The molecule has 2 aromatic heterocycles. The summed E-state index contributed by atoms with van der Waals surface area (Å²) in [5.74, 6) is 0.0171. The Kier molecular flexibility index (Phi) is 4.70. The lowest BCUT2D eigenvalue weighted by molar-refractivity contribution is -0.0247. The number of carbonyl (C=O) groups is 1. The van der Waals surface area contributed by atoms with Crippen LogP contribution in [0.3, 0.4) is 0 Å². The number of rotatable bonds is 4. The summed E-state index contributed by atoms with van der Waals surface area (Å²) in [7, 11) is 0. The fourth-order valence-corrected chi connectivity index (χ4v) is 2.53. The molecular formula is C16H18N4O2. The molecule has 0 unspecified atom stereocenters. The molecule has 0 bridgehead atoms. The highest BCUT2D eigenvalue weighted by Crippen LogP contribution is 2.14. The maximum atomic E-state index is 12.4. The fourth-order valence-electron chi connectivity index (χ4n) is 2.53. The molecule has 6 heteroatoms. The summed E-state index contributed by atoms with van der Waals surface area (Å²) < 4.78 is 5.76. The average molecular weight is 298 g/mol. The van der Waals surface area contributed by atoms with E-state index in [4.69, 9.17) is 4.74 Å². The number of aryl methyl sites for hydroxylation is 1. The van der Waals surface area contributed by atoms with Gasteiger partial charge in [-0.15, -0.1) is 0 Å².